The largest absolute Gasteiger partial charge is 0.342 e. The number of amides is 1. The normalized spacial score (nSPS) is 17.9. The maximum absolute atomic E-state index is 12.7. The molecule has 1 saturated heterocycles. The summed E-state index contributed by atoms with van der Waals surface area (Å²) in [4.78, 5) is 19.6. The number of benzene rings is 2. The third-order valence-corrected chi connectivity index (χ3v) is 6.34. The lowest BCUT2D eigenvalue weighted by Gasteiger charge is -2.33. The van der Waals surface area contributed by atoms with Crippen molar-refractivity contribution in [3.8, 4) is 0 Å². The lowest BCUT2D eigenvalue weighted by molar-refractivity contribution is -0.130. The molecule has 2 aliphatic rings. The molecule has 2 aliphatic heterocycles. The SMILES string of the molecule is CNCC1CCN(C(=O)CCN2c3ccccc3Sc3ccccc32)C1.Cl. The van der Waals surface area contributed by atoms with Crippen LogP contribution >= 0.6 is 24.2 Å². The number of anilines is 2. The summed E-state index contributed by atoms with van der Waals surface area (Å²) in [5.74, 6) is 0.869. The van der Waals surface area contributed by atoms with Crippen LogP contribution in [0.1, 0.15) is 12.8 Å². The van der Waals surface area contributed by atoms with Crippen molar-refractivity contribution in [1.29, 1.82) is 0 Å². The Morgan fingerprint density at radius 2 is 1.74 bits per heavy atom. The van der Waals surface area contributed by atoms with Gasteiger partial charge in [0.2, 0.25) is 5.91 Å². The van der Waals surface area contributed by atoms with Gasteiger partial charge in [-0.2, -0.15) is 0 Å². The van der Waals surface area contributed by atoms with E-state index in [2.05, 4.69) is 58.7 Å². The van der Waals surface area contributed by atoms with E-state index in [9.17, 15) is 4.79 Å². The quantitative estimate of drug-likeness (QED) is 0.812. The first kappa shape index (κ1) is 20.1. The standard InChI is InChI=1S/C21H25N3OS.ClH/c1-22-14-16-10-12-23(15-16)21(25)11-13-24-17-6-2-4-8-19(17)26-20-9-5-3-7-18(20)24;/h2-9,16,22H,10-15H2,1H3;1H. The fourth-order valence-electron chi connectivity index (χ4n) is 3.90. The Balaban J connectivity index is 0.00000210. The molecule has 1 unspecified atom stereocenters. The van der Waals surface area contributed by atoms with Crippen LogP contribution in [0, 0.1) is 5.92 Å². The number of likely N-dealkylation sites (tertiary alicyclic amines) is 1. The highest BCUT2D eigenvalue weighted by Crippen LogP contribution is 2.47. The molecule has 4 rings (SSSR count). The average molecular weight is 404 g/mol. The zero-order valence-corrected chi connectivity index (χ0v) is 17.2. The first-order valence-electron chi connectivity index (χ1n) is 9.32. The molecule has 2 aromatic carbocycles. The van der Waals surface area contributed by atoms with E-state index < -0.39 is 0 Å². The summed E-state index contributed by atoms with van der Waals surface area (Å²) in [5.41, 5.74) is 2.41. The molecule has 4 nitrogen and oxygen atoms in total. The number of halogens is 1. The van der Waals surface area contributed by atoms with E-state index in [1.54, 1.807) is 0 Å². The Bertz CT molecular complexity index is 755. The van der Waals surface area contributed by atoms with Crippen molar-refractivity contribution >= 4 is 41.5 Å². The van der Waals surface area contributed by atoms with Crippen LogP contribution in [0.4, 0.5) is 11.4 Å². The van der Waals surface area contributed by atoms with Gasteiger partial charge in [0, 0.05) is 35.8 Å². The van der Waals surface area contributed by atoms with Crippen molar-refractivity contribution in [3.05, 3.63) is 48.5 Å². The molecule has 0 spiro atoms. The van der Waals surface area contributed by atoms with Crippen molar-refractivity contribution in [1.82, 2.24) is 10.2 Å². The van der Waals surface area contributed by atoms with Gasteiger partial charge in [-0.25, -0.2) is 0 Å². The molecular formula is C21H26ClN3OS. The van der Waals surface area contributed by atoms with Gasteiger partial charge in [-0.1, -0.05) is 36.0 Å². The van der Waals surface area contributed by atoms with E-state index >= 15 is 0 Å². The van der Waals surface area contributed by atoms with Gasteiger partial charge in [0.15, 0.2) is 0 Å². The maximum atomic E-state index is 12.7. The minimum atomic E-state index is 0. The summed E-state index contributed by atoms with van der Waals surface area (Å²) in [6.45, 7) is 3.51. The van der Waals surface area contributed by atoms with Gasteiger partial charge in [0.1, 0.15) is 0 Å². The predicted molar refractivity (Wildman–Crippen MR) is 114 cm³/mol. The van der Waals surface area contributed by atoms with E-state index in [1.165, 1.54) is 21.2 Å². The molecule has 1 N–H and O–H groups in total. The van der Waals surface area contributed by atoms with Gasteiger partial charge in [0.25, 0.3) is 0 Å². The van der Waals surface area contributed by atoms with Crippen LogP contribution in [0.5, 0.6) is 0 Å². The second kappa shape index (κ2) is 9.00. The third-order valence-electron chi connectivity index (χ3n) is 5.21. The summed E-state index contributed by atoms with van der Waals surface area (Å²) in [6.07, 6.45) is 1.66. The summed E-state index contributed by atoms with van der Waals surface area (Å²) in [6, 6.07) is 16.9. The Labute approximate surface area is 171 Å². The zero-order valence-electron chi connectivity index (χ0n) is 15.6. The molecule has 6 heteroatoms. The van der Waals surface area contributed by atoms with Crippen LogP contribution in [-0.4, -0.2) is 44.0 Å². The van der Waals surface area contributed by atoms with E-state index in [0.29, 0.717) is 12.3 Å². The average Bonchev–Trinajstić information content (AvgIpc) is 3.14. The monoisotopic (exact) mass is 403 g/mol. The van der Waals surface area contributed by atoms with Gasteiger partial charge < -0.3 is 15.1 Å². The number of hydrogen-bond donors (Lipinski definition) is 1. The van der Waals surface area contributed by atoms with E-state index in [0.717, 1.165) is 32.6 Å². The number of hydrogen-bond acceptors (Lipinski definition) is 4. The van der Waals surface area contributed by atoms with Gasteiger partial charge in [0.05, 0.1) is 11.4 Å². The van der Waals surface area contributed by atoms with Crippen LogP contribution in [0.15, 0.2) is 58.3 Å². The number of nitrogens with zero attached hydrogens (tertiary/aromatic N) is 2. The number of nitrogens with one attached hydrogen (secondary N) is 1. The number of carbonyl (C=O) groups excluding carboxylic acids is 1. The molecule has 2 heterocycles. The molecule has 1 fully saturated rings. The van der Waals surface area contributed by atoms with E-state index in [-0.39, 0.29) is 18.3 Å². The van der Waals surface area contributed by atoms with Gasteiger partial charge in [-0.3, -0.25) is 4.79 Å². The number of carbonyl (C=O) groups is 1. The van der Waals surface area contributed by atoms with E-state index in [1.807, 2.05) is 23.7 Å². The molecule has 0 bridgehead atoms. The number of rotatable bonds is 5. The summed E-state index contributed by atoms with van der Waals surface area (Å²) in [7, 11) is 1.98. The highest BCUT2D eigenvalue weighted by molar-refractivity contribution is 7.99. The fraction of sp³-hybridized carbons (Fsp3) is 0.381. The van der Waals surface area contributed by atoms with Gasteiger partial charge >= 0.3 is 0 Å². The Morgan fingerprint density at radius 1 is 1.11 bits per heavy atom. The van der Waals surface area contributed by atoms with Gasteiger partial charge in [-0.15, -0.1) is 12.4 Å². The third kappa shape index (κ3) is 4.26. The molecule has 0 aliphatic carbocycles. The first-order chi connectivity index (χ1) is 12.8. The van der Waals surface area contributed by atoms with Crippen molar-refractivity contribution in [2.24, 2.45) is 5.92 Å². The van der Waals surface area contributed by atoms with Crippen LogP contribution in [0.3, 0.4) is 0 Å². The number of para-hydroxylation sites is 2. The fourth-order valence-corrected chi connectivity index (χ4v) is 5.00. The molecule has 0 aromatic heterocycles. The molecular weight excluding hydrogens is 378 g/mol. The highest BCUT2D eigenvalue weighted by atomic mass is 35.5. The van der Waals surface area contributed by atoms with Crippen LogP contribution in [0.2, 0.25) is 0 Å². The number of fused-ring (bicyclic) bond motifs is 2. The van der Waals surface area contributed by atoms with Crippen molar-refractivity contribution in [2.45, 2.75) is 22.6 Å². The first-order valence-corrected chi connectivity index (χ1v) is 10.1. The summed E-state index contributed by atoms with van der Waals surface area (Å²) < 4.78 is 0. The Hall–Kier alpha value is -1.69. The Kier molecular flexibility index (Phi) is 6.68. The molecule has 1 atom stereocenters. The van der Waals surface area contributed by atoms with Crippen molar-refractivity contribution in [2.75, 3.05) is 38.1 Å². The molecule has 0 saturated carbocycles. The smallest absolute Gasteiger partial charge is 0.224 e. The lowest BCUT2D eigenvalue weighted by atomic mass is 10.1. The molecule has 144 valence electrons. The predicted octanol–water partition coefficient (Wildman–Crippen LogP) is 4.17. The Morgan fingerprint density at radius 3 is 2.37 bits per heavy atom. The van der Waals surface area contributed by atoms with Crippen LogP contribution in [0.25, 0.3) is 0 Å². The molecule has 1 amide bonds. The molecule has 0 radical (unpaired) electrons. The summed E-state index contributed by atoms with van der Waals surface area (Å²) >= 11 is 1.81. The molecule has 2 aromatic rings. The van der Waals surface area contributed by atoms with E-state index in [4.69, 9.17) is 0 Å². The molecule has 27 heavy (non-hydrogen) atoms. The summed E-state index contributed by atoms with van der Waals surface area (Å²) in [5, 5.41) is 3.23. The maximum Gasteiger partial charge on any atom is 0.224 e. The zero-order chi connectivity index (χ0) is 17.9. The topological polar surface area (TPSA) is 35.6 Å². The second-order valence-corrected chi connectivity index (χ2v) is 8.08. The minimum Gasteiger partial charge on any atom is -0.342 e. The highest BCUT2D eigenvalue weighted by Gasteiger charge is 2.27. The van der Waals surface area contributed by atoms with Crippen molar-refractivity contribution < 1.29 is 4.79 Å². The van der Waals surface area contributed by atoms with Crippen LogP contribution in [-0.2, 0) is 4.79 Å². The second-order valence-electron chi connectivity index (χ2n) is 6.99. The minimum absolute atomic E-state index is 0. The van der Waals surface area contributed by atoms with Gasteiger partial charge in [-0.05, 0) is 50.2 Å². The van der Waals surface area contributed by atoms with Crippen molar-refractivity contribution in [3.63, 3.8) is 0 Å². The lowest BCUT2D eigenvalue weighted by Crippen LogP contribution is -2.33. The van der Waals surface area contributed by atoms with Crippen LogP contribution < -0.4 is 10.2 Å².